The third kappa shape index (κ3) is 3.30. The van der Waals surface area contributed by atoms with Crippen LogP contribution in [0.5, 0.6) is 0 Å². The van der Waals surface area contributed by atoms with Gasteiger partial charge in [-0.3, -0.25) is 9.59 Å². The first-order chi connectivity index (χ1) is 13.5. The van der Waals surface area contributed by atoms with Crippen LogP contribution in [0.1, 0.15) is 11.1 Å². The van der Waals surface area contributed by atoms with Crippen molar-refractivity contribution in [2.45, 2.75) is 6.92 Å². The second-order valence-corrected chi connectivity index (χ2v) is 6.97. The van der Waals surface area contributed by atoms with E-state index in [2.05, 4.69) is 5.32 Å². The molecule has 0 saturated carbocycles. The van der Waals surface area contributed by atoms with Crippen LogP contribution in [0.25, 0.3) is 5.57 Å². The summed E-state index contributed by atoms with van der Waals surface area (Å²) in [6.07, 6.45) is 0. The van der Waals surface area contributed by atoms with Gasteiger partial charge >= 0.3 is 0 Å². The molecule has 0 fully saturated rings. The lowest BCUT2D eigenvalue weighted by molar-refractivity contribution is -0.120. The average molecular weight is 389 g/mol. The zero-order valence-electron chi connectivity index (χ0n) is 15.1. The molecule has 3 aromatic carbocycles. The SMILES string of the molecule is Cc1cccc(N2C(=O)C(Nc3ccccc3)=C(c3ccc(Cl)cc3)C2=O)c1. The van der Waals surface area contributed by atoms with Crippen LogP contribution in [0.2, 0.25) is 5.02 Å². The molecule has 1 aliphatic rings. The zero-order chi connectivity index (χ0) is 19.7. The number of imide groups is 1. The molecule has 5 heteroatoms. The van der Waals surface area contributed by atoms with Gasteiger partial charge in [0.2, 0.25) is 0 Å². The van der Waals surface area contributed by atoms with Crippen LogP contribution in [-0.4, -0.2) is 11.8 Å². The Morgan fingerprint density at radius 1 is 0.821 bits per heavy atom. The molecule has 0 aliphatic carbocycles. The van der Waals surface area contributed by atoms with Crippen molar-refractivity contribution in [2.24, 2.45) is 0 Å². The van der Waals surface area contributed by atoms with Gasteiger partial charge in [-0.2, -0.15) is 0 Å². The number of anilines is 2. The standard InChI is InChI=1S/C23H17ClN2O2/c1-15-6-5-9-19(14-15)26-22(27)20(16-10-12-17(24)13-11-16)21(23(26)28)25-18-7-3-2-4-8-18/h2-14,25H,1H3. The minimum absolute atomic E-state index is 0.250. The van der Waals surface area contributed by atoms with E-state index >= 15 is 0 Å². The van der Waals surface area contributed by atoms with E-state index in [1.165, 1.54) is 4.90 Å². The highest BCUT2D eigenvalue weighted by Gasteiger charge is 2.40. The molecule has 0 aromatic heterocycles. The number of carbonyl (C=O) groups excluding carboxylic acids is 2. The normalized spacial score (nSPS) is 14.0. The van der Waals surface area contributed by atoms with E-state index in [1.54, 1.807) is 30.3 Å². The van der Waals surface area contributed by atoms with Gasteiger partial charge in [0.05, 0.1) is 11.3 Å². The number of amides is 2. The van der Waals surface area contributed by atoms with Crippen molar-refractivity contribution in [1.82, 2.24) is 0 Å². The van der Waals surface area contributed by atoms with Crippen molar-refractivity contribution in [3.8, 4) is 0 Å². The fourth-order valence-electron chi connectivity index (χ4n) is 3.20. The Morgan fingerprint density at radius 3 is 2.21 bits per heavy atom. The molecule has 0 bridgehead atoms. The molecule has 1 N–H and O–H groups in total. The molecule has 4 nitrogen and oxygen atoms in total. The number of rotatable bonds is 4. The number of nitrogens with zero attached hydrogens (tertiary/aromatic N) is 1. The number of carbonyl (C=O) groups is 2. The van der Waals surface area contributed by atoms with Crippen LogP contribution in [0, 0.1) is 6.92 Å². The summed E-state index contributed by atoms with van der Waals surface area (Å²) in [7, 11) is 0. The van der Waals surface area contributed by atoms with Crippen molar-refractivity contribution in [3.63, 3.8) is 0 Å². The summed E-state index contributed by atoms with van der Waals surface area (Å²) in [5.74, 6) is -0.749. The Labute approximate surface area is 168 Å². The van der Waals surface area contributed by atoms with Crippen molar-refractivity contribution < 1.29 is 9.59 Å². The molecule has 0 saturated heterocycles. The Hall–Kier alpha value is -3.37. The Morgan fingerprint density at radius 2 is 1.54 bits per heavy atom. The Balaban J connectivity index is 1.83. The molecule has 4 rings (SSSR count). The van der Waals surface area contributed by atoms with Crippen LogP contribution in [-0.2, 0) is 9.59 Å². The number of halogens is 1. The number of nitrogens with one attached hydrogen (secondary N) is 1. The molecule has 1 aliphatic heterocycles. The van der Waals surface area contributed by atoms with Gasteiger partial charge in [0, 0.05) is 10.7 Å². The van der Waals surface area contributed by atoms with Gasteiger partial charge < -0.3 is 5.32 Å². The second-order valence-electron chi connectivity index (χ2n) is 6.53. The molecule has 2 amide bonds. The summed E-state index contributed by atoms with van der Waals surface area (Å²) in [6.45, 7) is 1.92. The smallest absolute Gasteiger partial charge is 0.282 e. The lowest BCUT2D eigenvalue weighted by Gasteiger charge is -2.16. The van der Waals surface area contributed by atoms with Crippen molar-refractivity contribution in [3.05, 3.63) is 101 Å². The van der Waals surface area contributed by atoms with E-state index in [9.17, 15) is 9.59 Å². The minimum Gasteiger partial charge on any atom is -0.350 e. The largest absolute Gasteiger partial charge is 0.350 e. The van der Waals surface area contributed by atoms with Crippen molar-refractivity contribution >= 4 is 40.4 Å². The van der Waals surface area contributed by atoms with E-state index < -0.39 is 0 Å². The van der Waals surface area contributed by atoms with Gasteiger partial charge in [-0.25, -0.2) is 4.90 Å². The molecular formula is C23H17ClN2O2. The second kappa shape index (κ2) is 7.33. The van der Waals surface area contributed by atoms with E-state index in [4.69, 9.17) is 11.6 Å². The summed E-state index contributed by atoms with van der Waals surface area (Å²) in [5, 5.41) is 3.70. The molecule has 0 unspecified atom stereocenters. The minimum atomic E-state index is -0.385. The lowest BCUT2D eigenvalue weighted by atomic mass is 10.0. The van der Waals surface area contributed by atoms with Crippen LogP contribution in [0.4, 0.5) is 11.4 Å². The molecule has 0 atom stereocenters. The summed E-state index contributed by atoms with van der Waals surface area (Å²) in [6, 6.07) is 23.5. The maximum Gasteiger partial charge on any atom is 0.282 e. The average Bonchev–Trinajstić information content (AvgIpc) is 2.93. The number of para-hydroxylation sites is 1. The van der Waals surface area contributed by atoms with Gasteiger partial charge in [0.25, 0.3) is 11.8 Å². The number of hydrogen-bond donors (Lipinski definition) is 1. The maximum absolute atomic E-state index is 13.3. The predicted octanol–water partition coefficient (Wildman–Crippen LogP) is 5.05. The fourth-order valence-corrected chi connectivity index (χ4v) is 3.32. The third-order valence-electron chi connectivity index (χ3n) is 4.52. The highest BCUT2D eigenvalue weighted by molar-refractivity contribution is 6.46. The van der Waals surface area contributed by atoms with Crippen LogP contribution >= 0.6 is 11.6 Å². The number of hydrogen-bond acceptors (Lipinski definition) is 3. The van der Waals surface area contributed by atoms with Gasteiger partial charge in [0.1, 0.15) is 5.70 Å². The van der Waals surface area contributed by atoms with Crippen LogP contribution in [0.15, 0.2) is 84.6 Å². The molecule has 28 heavy (non-hydrogen) atoms. The van der Waals surface area contributed by atoms with Gasteiger partial charge in [-0.1, -0.05) is 54.1 Å². The highest BCUT2D eigenvalue weighted by Crippen LogP contribution is 2.34. The van der Waals surface area contributed by atoms with Crippen LogP contribution < -0.4 is 10.2 Å². The van der Waals surface area contributed by atoms with Gasteiger partial charge in [-0.05, 0) is 54.4 Å². The van der Waals surface area contributed by atoms with Gasteiger partial charge in [-0.15, -0.1) is 0 Å². The summed E-state index contributed by atoms with van der Waals surface area (Å²) in [4.78, 5) is 27.7. The summed E-state index contributed by atoms with van der Waals surface area (Å²) >= 11 is 6.00. The molecule has 138 valence electrons. The number of benzene rings is 3. The molecule has 3 aromatic rings. The Kier molecular flexibility index (Phi) is 4.72. The van der Waals surface area contributed by atoms with Crippen molar-refractivity contribution in [1.29, 1.82) is 0 Å². The predicted molar refractivity (Wildman–Crippen MR) is 112 cm³/mol. The quantitative estimate of drug-likeness (QED) is 0.636. The van der Waals surface area contributed by atoms with E-state index in [0.29, 0.717) is 21.8 Å². The zero-order valence-corrected chi connectivity index (χ0v) is 15.9. The first-order valence-corrected chi connectivity index (χ1v) is 9.20. The topological polar surface area (TPSA) is 49.4 Å². The first-order valence-electron chi connectivity index (χ1n) is 8.82. The maximum atomic E-state index is 13.3. The van der Waals surface area contributed by atoms with Crippen LogP contribution in [0.3, 0.4) is 0 Å². The van der Waals surface area contributed by atoms with E-state index in [-0.39, 0.29) is 17.5 Å². The highest BCUT2D eigenvalue weighted by atomic mass is 35.5. The molecule has 1 heterocycles. The van der Waals surface area contributed by atoms with E-state index in [0.717, 1.165) is 11.3 Å². The lowest BCUT2D eigenvalue weighted by Crippen LogP contribution is -2.32. The van der Waals surface area contributed by atoms with Gasteiger partial charge in [0.15, 0.2) is 0 Å². The summed E-state index contributed by atoms with van der Waals surface area (Å²) < 4.78 is 0. The monoisotopic (exact) mass is 388 g/mol. The molecule has 0 radical (unpaired) electrons. The fraction of sp³-hybridized carbons (Fsp3) is 0.0435. The van der Waals surface area contributed by atoms with Crippen molar-refractivity contribution in [2.75, 3.05) is 10.2 Å². The first kappa shape index (κ1) is 18.0. The van der Waals surface area contributed by atoms with E-state index in [1.807, 2.05) is 55.5 Å². The summed E-state index contributed by atoms with van der Waals surface area (Å²) in [5.41, 5.74) is 3.46. The number of aryl methyl sites for hydroxylation is 1. The molecule has 0 spiro atoms. The Bertz CT molecular complexity index is 1090. The third-order valence-corrected chi connectivity index (χ3v) is 4.77. The molecular weight excluding hydrogens is 372 g/mol.